The molecule has 56 heavy (non-hydrogen) atoms. The minimum Gasteiger partial charge on any atom is -0.436 e. The Hall–Kier alpha value is -5.66. The number of hydrogen-bond acceptors (Lipinski definition) is 8. The van der Waals surface area contributed by atoms with Gasteiger partial charge in [-0.2, -0.15) is 0 Å². The summed E-state index contributed by atoms with van der Waals surface area (Å²) in [5, 5.41) is 0. The third kappa shape index (κ3) is 6.09. The molecule has 14 nitrogen and oxygen atoms in total. The summed E-state index contributed by atoms with van der Waals surface area (Å²) in [5.41, 5.74) is 19.0. The van der Waals surface area contributed by atoms with Crippen molar-refractivity contribution < 1.29 is 28.7 Å². The molecule has 4 aliphatic carbocycles. The number of amides is 4. The molecule has 2 aliphatic heterocycles. The summed E-state index contributed by atoms with van der Waals surface area (Å²) in [6, 6.07) is 12.5. The summed E-state index contributed by atoms with van der Waals surface area (Å²) in [6.45, 7) is 4.24. The molecule has 4 amide bonds. The number of hydrogen-bond donors (Lipinski definition) is 4. The third-order valence-corrected chi connectivity index (χ3v) is 13.2. The number of piperidine rings is 2. The number of nitrogens with zero attached hydrogens (tertiary/aromatic N) is 4. The summed E-state index contributed by atoms with van der Waals surface area (Å²) < 4.78 is 10.6. The van der Waals surface area contributed by atoms with Gasteiger partial charge in [-0.25, -0.2) is 19.6 Å². The number of fused-ring (bicyclic) bond motifs is 2. The van der Waals surface area contributed by atoms with E-state index in [4.69, 9.17) is 30.9 Å². The Balaban J connectivity index is 0.843. The molecule has 2 aromatic carbocycles. The summed E-state index contributed by atoms with van der Waals surface area (Å²) in [4.78, 5) is 70.9. The number of benzene rings is 2. The van der Waals surface area contributed by atoms with E-state index in [0.717, 1.165) is 108 Å². The van der Waals surface area contributed by atoms with Gasteiger partial charge in [0.1, 0.15) is 11.6 Å². The van der Waals surface area contributed by atoms with Gasteiger partial charge in [0.25, 0.3) is 11.8 Å². The number of carbonyl (C=O) groups is 4. The molecule has 4 aromatic rings. The highest BCUT2D eigenvalue weighted by molar-refractivity contribution is 5.86. The van der Waals surface area contributed by atoms with E-state index in [9.17, 15) is 19.2 Å². The zero-order valence-electron chi connectivity index (χ0n) is 31.4. The van der Waals surface area contributed by atoms with Crippen LogP contribution in [0.15, 0.2) is 48.8 Å². The first kappa shape index (κ1) is 34.8. The van der Waals surface area contributed by atoms with Crippen LogP contribution in [0.4, 0.5) is 9.59 Å². The number of aromatic nitrogens is 4. The average molecular weight is 759 g/mol. The van der Waals surface area contributed by atoms with E-state index in [1.807, 2.05) is 22.2 Å². The number of carbonyl (C=O) groups excluding carboxylic acids is 4. The molecule has 4 saturated carbocycles. The fourth-order valence-electron chi connectivity index (χ4n) is 9.62. The van der Waals surface area contributed by atoms with Gasteiger partial charge in [-0.05, 0) is 105 Å². The Morgan fingerprint density at radius 2 is 1.09 bits per heavy atom. The minimum absolute atomic E-state index is 0.0363. The number of likely N-dealkylation sites (tertiary alicyclic amines) is 2. The fourth-order valence-corrected chi connectivity index (χ4v) is 9.62. The monoisotopic (exact) mass is 758 g/mol. The van der Waals surface area contributed by atoms with Gasteiger partial charge < -0.3 is 40.7 Å². The predicted octanol–water partition coefficient (Wildman–Crippen LogP) is 5.82. The minimum atomic E-state index is -0.911. The van der Waals surface area contributed by atoms with E-state index in [-0.39, 0.29) is 47.8 Å². The van der Waals surface area contributed by atoms with Gasteiger partial charge in [0, 0.05) is 29.5 Å². The van der Waals surface area contributed by atoms with E-state index < -0.39 is 24.4 Å². The number of nitrogens with two attached hydrogens (primary N) is 2. The van der Waals surface area contributed by atoms with Crippen molar-refractivity contribution in [3.8, 4) is 33.6 Å². The SMILES string of the molecule is Cc1c(-c2ccc(-c3cnc([C@@H]4C[C@H]5CC5N4C(=O)[C@H](OC(N)=O)C4CC4)[nH]3)cc2)ccc(-c2cnc([C@@H]3C[C@H]4CC4N3C(=O)[C@H](OC(N)=O)C3CC3)[nH]2)c1C. The molecule has 290 valence electrons. The smallest absolute Gasteiger partial charge is 0.405 e. The van der Waals surface area contributed by atoms with Crippen molar-refractivity contribution >= 4 is 24.0 Å². The van der Waals surface area contributed by atoms with Crippen LogP contribution in [0.25, 0.3) is 33.6 Å². The lowest BCUT2D eigenvalue weighted by molar-refractivity contribution is -0.144. The maximum Gasteiger partial charge on any atom is 0.405 e. The molecule has 0 bridgehead atoms. The lowest BCUT2D eigenvalue weighted by Crippen LogP contribution is -2.44. The van der Waals surface area contributed by atoms with Crippen molar-refractivity contribution in [1.29, 1.82) is 0 Å². The molecule has 2 unspecified atom stereocenters. The molecule has 8 atom stereocenters. The molecule has 14 heteroatoms. The van der Waals surface area contributed by atoms with Gasteiger partial charge in [0.15, 0.2) is 12.2 Å². The van der Waals surface area contributed by atoms with Gasteiger partial charge in [-0.1, -0.05) is 36.4 Å². The maximum atomic E-state index is 13.7. The maximum absolute atomic E-state index is 13.7. The van der Waals surface area contributed by atoms with Crippen molar-refractivity contribution in [2.45, 2.75) is 102 Å². The first-order valence-corrected chi connectivity index (χ1v) is 19.9. The lowest BCUT2D eigenvalue weighted by atomic mass is 9.92. The highest BCUT2D eigenvalue weighted by Crippen LogP contribution is 2.55. The van der Waals surface area contributed by atoms with Crippen LogP contribution in [0.1, 0.15) is 86.2 Å². The number of primary amides is 2. The molecule has 2 aromatic heterocycles. The van der Waals surface area contributed by atoms with Crippen LogP contribution in [-0.4, -0.2) is 78.0 Å². The first-order valence-electron chi connectivity index (χ1n) is 19.9. The van der Waals surface area contributed by atoms with Crippen molar-refractivity contribution in [2.75, 3.05) is 0 Å². The highest BCUT2D eigenvalue weighted by Gasteiger charge is 2.59. The van der Waals surface area contributed by atoms with Gasteiger partial charge in [0.05, 0.1) is 35.9 Å². The van der Waals surface area contributed by atoms with Gasteiger partial charge in [0.2, 0.25) is 0 Å². The number of imidazole rings is 2. The number of ether oxygens (including phenoxy) is 2. The Morgan fingerprint density at radius 1 is 0.643 bits per heavy atom. The number of rotatable bonds is 11. The normalized spacial score (nSPS) is 27.0. The van der Waals surface area contributed by atoms with E-state index in [0.29, 0.717) is 11.8 Å². The second-order valence-corrected chi connectivity index (χ2v) is 16.9. The Bertz CT molecular complexity index is 2260. The van der Waals surface area contributed by atoms with Gasteiger partial charge in [-0.15, -0.1) is 0 Å². The fraction of sp³-hybridized carbons (Fsp3) is 0.476. The van der Waals surface area contributed by atoms with Crippen LogP contribution in [0, 0.1) is 37.5 Å². The van der Waals surface area contributed by atoms with Crippen molar-refractivity contribution in [3.05, 3.63) is 71.6 Å². The molecule has 6 fully saturated rings. The summed E-state index contributed by atoms with van der Waals surface area (Å²) in [6.07, 6.45) is 7.22. The molecule has 0 radical (unpaired) electrons. The van der Waals surface area contributed by atoms with E-state index in [2.05, 4.69) is 60.2 Å². The number of nitrogens with one attached hydrogen (secondary N) is 2. The second-order valence-electron chi connectivity index (χ2n) is 16.9. The van der Waals surface area contributed by atoms with E-state index in [1.165, 1.54) is 0 Å². The summed E-state index contributed by atoms with van der Waals surface area (Å²) in [5.74, 6) is 2.12. The zero-order valence-corrected chi connectivity index (χ0v) is 31.4. The zero-order chi connectivity index (χ0) is 38.6. The Morgan fingerprint density at radius 3 is 1.59 bits per heavy atom. The van der Waals surface area contributed by atoms with Crippen LogP contribution < -0.4 is 11.5 Å². The summed E-state index contributed by atoms with van der Waals surface area (Å²) >= 11 is 0. The standard InChI is InChI=1S/C42H46N8O6/c1-19-20(2)28(30-18-46-38(48-30)34-16-26-14-32(26)50(34)40(52)36(24-9-10-24)56-42(44)54)12-11-27(19)21-3-5-22(6-4-21)29-17-45-37(47-29)33-15-25-13-31(25)49(33)39(51)35(23-7-8-23)55-41(43)53/h3-6,11-12,17-18,23-26,31-36H,7-10,13-16H2,1-2H3,(H2,43,53)(H2,44,54)(H,45,47)(H,46,48)/t25-,26-,31?,32?,33+,34+,35-,36-/m1/s1. The number of H-pyrrole nitrogens is 2. The van der Waals surface area contributed by atoms with Crippen LogP contribution >= 0.6 is 0 Å². The largest absolute Gasteiger partial charge is 0.436 e. The van der Waals surface area contributed by atoms with Crippen LogP contribution in [-0.2, 0) is 19.1 Å². The van der Waals surface area contributed by atoms with Gasteiger partial charge in [-0.3, -0.25) is 9.59 Å². The summed E-state index contributed by atoms with van der Waals surface area (Å²) in [7, 11) is 0. The molecule has 10 rings (SSSR count). The van der Waals surface area contributed by atoms with E-state index in [1.54, 1.807) is 0 Å². The average Bonchev–Trinajstić information content (AvgIpc) is 4.14. The van der Waals surface area contributed by atoms with Crippen molar-refractivity contribution in [2.24, 2.45) is 35.1 Å². The lowest BCUT2D eigenvalue weighted by Gasteiger charge is -2.29. The van der Waals surface area contributed by atoms with Crippen molar-refractivity contribution in [3.63, 3.8) is 0 Å². The third-order valence-electron chi connectivity index (χ3n) is 13.2. The predicted molar refractivity (Wildman–Crippen MR) is 203 cm³/mol. The first-order chi connectivity index (χ1) is 27.0. The molecular weight excluding hydrogens is 713 g/mol. The van der Waals surface area contributed by atoms with Crippen LogP contribution in [0.2, 0.25) is 0 Å². The van der Waals surface area contributed by atoms with Gasteiger partial charge >= 0.3 is 12.2 Å². The number of aromatic amines is 2. The quantitative estimate of drug-likeness (QED) is 0.146. The second kappa shape index (κ2) is 13.0. The Kier molecular flexibility index (Phi) is 8.05. The molecule has 0 spiro atoms. The molecule has 6 N–H and O–H groups in total. The molecule has 6 aliphatic rings. The van der Waals surface area contributed by atoms with Crippen molar-refractivity contribution in [1.82, 2.24) is 29.7 Å². The Labute approximate surface area is 323 Å². The topological polar surface area (TPSA) is 203 Å². The van der Waals surface area contributed by atoms with Crippen LogP contribution in [0.5, 0.6) is 0 Å². The van der Waals surface area contributed by atoms with Crippen LogP contribution in [0.3, 0.4) is 0 Å². The molecular formula is C42H46N8O6. The molecule has 4 heterocycles. The highest BCUT2D eigenvalue weighted by atomic mass is 16.6. The van der Waals surface area contributed by atoms with E-state index >= 15 is 0 Å². The molecule has 2 saturated heterocycles.